The molecule has 18 rings (SSSR count). The number of anilines is 9. The molecule has 2 aliphatic rings. The lowest BCUT2D eigenvalue weighted by Gasteiger charge is -2.46. The number of para-hydroxylation sites is 3. The highest BCUT2D eigenvalue weighted by atomic mass is 15.2. The van der Waals surface area contributed by atoms with Crippen LogP contribution in [-0.2, 0) is 21.7 Å². The lowest BCUT2D eigenvalue weighted by Crippen LogP contribution is -2.61. The van der Waals surface area contributed by atoms with E-state index < -0.39 is 12.8 Å². The van der Waals surface area contributed by atoms with Crippen LogP contribution >= 0.6 is 0 Å². The number of fused-ring (bicyclic) bond motifs is 7. The van der Waals surface area contributed by atoms with Crippen molar-refractivity contribution in [1.82, 2.24) is 4.57 Å². The van der Waals surface area contributed by atoms with Crippen molar-refractivity contribution in [3.63, 3.8) is 0 Å². The van der Waals surface area contributed by atoms with E-state index in [-0.39, 0.29) is 51.4 Å². The third-order valence-corrected chi connectivity index (χ3v) is 22.8. The van der Waals surface area contributed by atoms with E-state index in [1.165, 1.54) is 27.5 Å². The highest BCUT2D eigenvalue weighted by Gasteiger charge is 2.46. The Bertz CT molecular complexity index is 6310. The van der Waals surface area contributed by atoms with E-state index in [1.54, 1.807) is 0 Å². The van der Waals surface area contributed by atoms with Crippen molar-refractivity contribution in [2.45, 2.75) is 105 Å². The molecule has 3 heterocycles. The van der Waals surface area contributed by atoms with E-state index >= 15 is 0 Å². The molecule has 0 amide bonds. The van der Waals surface area contributed by atoms with Crippen LogP contribution in [0.1, 0.15) is 112 Å². The molecule has 1 aromatic heterocycles. The van der Waals surface area contributed by atoms with Crippen molar-refractivity contribution in [2.75, 3.05) is 14.7 Å². The van der Waals surface area contributed by atoms with Crippen LogP contribution in [0, 0.1) is 0 Å². The van der Waals surface area contributed by atoms with Crippen LogP contribution in [0.5, 0.6) is 0 Å². The van der Waals surface area contributed by atoms with Gasteiger partial charge in [0.1, 0.15) is 0 Å². The first-order valence-corrected chi connectivity index (χ1v) is 39.0. The van der Waals surface area contributed by atoms with Gasteiger partial charge in [0, 0.05) is 78.5 Å². The van der Waals surface area contributed by atoms with Crippen LogP contribution in [0.4, 0.5) is 51.2 Å². The Kier molecular flexibility index (Phi) is 15.9. The van der Waals surface area contributed by atoms with Crippen LogP contribution in [0.15, 0.2) is 346 Å². The molecule has 111 heavy (non-hydrogen) atoms. The smallest absolute Gasteiger partial charge is 0.252 e. The largest absolute Gasteiger partial charge is 0.310 e. The second-order valence-corrected chi connectivity index (χ2v) is 34.2. The minimum absolute atomic E-state index is 0.131. The molecular formula is C106H93BN4. The molecule has 15 aromatic carbocycles. The van der Waals surface area contributed by atoms with Crippen molar-refractivity contribution in [3.05, 3.63) is 368 Å². The summed E-state index contributed by atoms with van der Waals surface area (Å²) >= 11 is 0. The summed E-state index contributed by atoms with van der Waals surface area (Å²) in [4.78, 5) is 7.56. The lowest BCUT2D eigenvalue weighted by atomic mass is 9.33. The van der Waals surface area contributed by atoms with Gasteiger partial charge >= 0.3 is 0 Å². The minimum Gasteiger partial charge on any atom is -0.310 e. The molecule has 0 fully saturated rings. The fraction of sp³-hybridized carbons (Fsp3) is 0.151. The third-order valence-electron chi connectivity index (χ3n) is 22.8. The standard InChI is InChI=1S/C106H93BN4/c1-103(2,3)78-59-76(60-79(64-78)104(4,5)6)77-62-98-100-99(63-77)111(102-90(73-41-25-16-26-42-73)67-81(106(10,11)12)68-91(102)74-43-27-17-28-44-74)97-69-85(108(82-45-29-18-30-46-82)83-52-54-84(55-53-83)109-94-49-33-31-47-86(94)87-48-32-34-50-95(87)109)56-58-93(97)107(100)92-57-51-75(70-35-19-13-20-36-70)61-96(92)110(98)101-88(71-37-21-14-22-38-71)65-80(105(7,8)9)66-89(101)72-39-23-15-24-40-72/h13-69H,1-12H3/i13D,19D,20D,35D,36D. The van der Waals surface area contributed by atoms with Gasteiger partial charge in [-0.2, -0.15) is 0 Å². The van der Waals surface area contributed by atoms with E-state index in [4.69, 9.17) is 1.37 Å². The molecule has 0 radical (unpaired) electrons. The first-order chi connectivity index (χ1) is 55.7. The molecule has 2 aliphatic heterocycles. The monoisotopic (exact) mass is 1440 g/mol. The molecule has 16 aromatic rings. The number of aromatic nitrogens is 1. The van der Waals surface area contributed by atoms with Gasteiger partial charge < -0.3 is 19.3 Å². The van der Waals surface area contributed by atoms with Crippen molar-refractivity contribution < 1.29 is 6.85 Å². The highest BCUT2D eigenvalue weighted by molar-refractivity contribution is 7.00. The number of benzene rings is 15. The summed E-state index contributed by atoms with van der Waals surface area (Å²) in [5, 5.41) is 2.41. The summed E-state index contributed by atoms with van der Waals surface area (Å²) in [6.07, 6.45) is 0. The van der Waals surface area contributed by atoms with Gasteiger partial charge in [-0.25, -0.2) is 0 Å². The predicted octanol–water partition coefficient (Wildman–Crippen LogP) is 27.5. The van der Waals surface area contributed by atoms with E-state index in [9.17, 15) is 5.48 Å². The Labute approximate surface area is 663 Å². The van der Waals surface area contributed by atoms with Gasteiger partial charge in [0.25, 0.3) is 6.71 Å². The minimum atomic E-state index is -0.486. The van der Waals surface area contributed by atoms with Crippen LogP contribution in [0.25, 0.3) is 94.3 Å². The molecule has 0 aliphatic carbocycles. The second-order valence-electron chi connectivity index (χ2n) is 34.2. The Morgan fingerprint density at radius 2 is 0.631 bits per heavy atom. The fourth-order valence-corrected chi connectivity index (χ4v) is 16.9. The molecule has 540 valence electrons. The highest BCUT2D eigenvalue weighted by Crippen LogP contribution is 2.56. The van der Waals surface area contributed by atoms with Crippen LogP contribution in [0.2, 0.25) is 0 Å². The number of nitrogens with zero attached hydrogens (tertiary/aromatic N) is 4. The maximum absolute atomic E-state index is 9.77. The topological polar surface area (TPSA) is 14.7 Å². The zero-order valence-corrected chi connectivity index (χ0v) is 65.4. The quantitative estimate of drug-likeness (QED) is 0.113. The molecule has 4 nitrogen and oxygen atoms in total. The normalized spacial score (nSPS) is 13.4. The number of hydrogen-bond acceptors (Lipinski definition) is 3. The SMILES string of the molecule is [2H]c1c([2H])c([2H])c(-c2ccc3c(c2)N(c2c(-c4ccccc4)cc(C(C)(C)C)cc2-c2ccccc2)c2cc(-c4cc(C(C)(C)C)cc(C(C)(C)C)c4)cc4c2B3c2ccc(N(c3ccccc3)c3ccc(-n5c6ccccc6c6ccccc65)cc3)cc2N4c2c(-c3ccccc3)cc(C(C)(C)C)cc2-c2ccccc2)c([2H])c1[2H]. The summed E-state index contributed by atoms with van der Waals surface area (Å²) in [5.74, 6) is 0. The summed E-state index contributed by atoms with van der Waals surface area (Å²) < 4.78 is 49.3. The summed E-state index contributed by atoms with van der Waals surface area (Å²) in [6.45, 7) is 27.2. The zero-order chi connectivity index (χ0) is 80.6. The summed E-state index contributed by atoms with van der Waals surface area (Å²) in [7, 11) is 0. The maximum Gasteiger partial charge on any atom is 0.252 e. The average Bonchev–Trinajstić information content (AvgIpc) is 0.852. The average molecular weight is 1440 g/mol. The summed E-state index contributed by atoms with van der Waals surface area (Å²) in [6, 6.07) is 114. The van der Waals surface area contributed by atoms with E-state index in [0.29, 0.717) is 5.56 Å². The van der Waals surface area contributed by atoms with Gasteiger partial charge in [-0.1, -0.05) is 326 Å². The molecule has 0 spiro atoms. The molecule has 0 bridgehead atoms. The Hall–Kier alpha value is -12.4. The van der Waals surface area contributed by atoms with E-state index in [2.05, 4.69) is 412 Å². The zero-order valence-electron chi connectivity index (χ0n) is 70.4. The molecule has 0 atom stereocenters. The third kappa shape index (κ3) is 12.6. The predicted molar refractivity (Wildman–Crippen MR) is 477 cm³/mol. The molecule has 0 saturated heterocycles. The molecular weight excluding hydrogens is 1340 g/mol. The first kappa shape index (κ1) is 64.5. The molecule has 5 heteroatoms. The van der Waals surface area contributed by atoms with Crippen molar-refractivity contribution >= 4 is 96.1 Å². The van der Waals surface area contributed by atoms with Crippen molar-refractivity contribution in [1.29, 1.82) is 0 Å². The number of rotatable bonds is 12. The van der Waals surface area contributed by atoms with Crippen LogP contribution in [0.3, 0.4) is 0 Å². The van der Waals surface area contributed by atoms with Gasteiger partial charge in [0.15, 0.2) is 0 Å². The maximum atomic E-state index is 9.77. The Morgan fingerprint density at radius 1 is 0.279 bits per heavy atom. The Morgan fingerprint density at radius 3 is 1.06 bits per heavy atom. The van der Waals surface area contributed by atoms with Crippen molar-refractivity contribution in [2.24, 2.45) is 0 Å². The van der Waals surface area contributed by atoms with Crippen LogP contribution < -0.4 is 31.1 Å². The van der Waals surface area contributed by atoms with Gasteiger partial charge in [0.05, 0.1) is 29.3 Å². The fourth-order valence-electron chi connectivity index (χ4n) is 16.9. The molecule has 0 N–H and O–H groups in total. The van der Waals surface area contributed by atoms with Gasteiger partial charge in [-0.3, -0.25) is 0 Å². The second kappa shape index (κ2) is 27.3. The first-order valence-electron chi connectivity index (χ1n) is 41.5. The van der Waals surface area contributed by atoms with Gasteiger partial charge in [-0.15, -0.1) is 0 Å². The molecule has 0 saturated carbocycles. The van der Waals surface area contributed by atoms with E-state index in [0.717, 1.165) is 145 Å². The lowest BCUT2D eigenvalue weighted by molar-refractivity contribution is 0.569. The Balaban J connectivity index is 1.03. The summed E-state index contributed by atoms with van der Waals surface area (Å²) in [5.41, 5.74) is 29.8. The molecule has 0 unspecified atom stereocenters. The van der Waals surface area contributed by atoms with Crippen LogP contribution in [-0.4, -0.2) is 11.3 Å². The van der Waals surface area contributed by atoms with Gasteiger partial charge in [0.2, 0.25) is 0 Å². The van der Waals surface area contributed by atoms with Gasteiger partial charge in [-0.05, 0) is 208 Å². The number of hydrogen-bond donors (Lipinski definition) is 0. The van der Waals surface area contributed by atoms with E-state index in [1.807, 2.05) is 6.07 Å². The van der Waals surface area contributed by atoms with Crippen molar-refractivity contribution in [3.8, 4) is 72.4 Å².